The highest BCUT2D eigenvalue weighted by molar-refractivity contribution is 7.52. The second-order valence-corrected chi connectivity index (χ2v) is 3.56. The van der Waals surface area contributed by atoms with Gasteiger partial charge in [-0.15, -0.1) is 0 Å². The molecule has 0 fully saturated rings. The molecule has 0 aromatic heterocycles. The Kier molecular flexibility index (Phi) is 5.85. The van der Waals surface area contributed by atoms with Crippen molar-refractivity contribution in [2.24, 2.45) is 4.76 Å². The first-order valence-corrected chi connectivity index (χ1v) is 5.16. The molecule has 0 aliphatic carbocycles. The normalized spacial score (nSPS) is 14.8. The highest BCUT2D eigenvalue weighted by Gasteiger charge is 2.22. The largest absolute Gasteiger partial charge is 0.464 e. The summed E-state index contributed by atoms with van der Waals surface area (Å²) in [5, 5.41) is 0. The minimum Gasteiger partial charge on any atom is -0.291 e. The molecular weight excluding hydrogens is 181 g/mol. The van der Waals surface area contributed by atoms with Crippen molar-refractivity contribution < 1.29 is 18.4 Å². The fourth-order valence-electron chi connectivity index (χ4n) is 0.515. The number of nitrogens with zero attached hydrogens (tertiary/aromatic N) is 1. The lowest BCUT2D eigenvalue weighted by Gasteiger charge is -2.09. The Hall–Kier alpha value is -0.470. The molecule has 0 aliphatic rings. The first-order chi connectivity index (χ1) is 5.68. The molecule has 12 heavy (non-hydrogen) atoms. The molecule has 0 heterocycles. The molecule has 0 spiro atoms. The zero-order valence-electron chi connectivity index (χ0n) is 7.15. The Balaban J connectivity index is 4.18. The van der Waals surface area contributed by atoms with Crippen LogP contribution in [-0.2, 0) is 18.4 Å². The van der Waals surface area contributed by atoms with Crippen LogP contribution in [0.2, 0.25) is 0 Å². The molecule has 0 aliphatic heterocycles. The molecule has 1 atom stereocenters. The molecule has 0 saturated heterocycles. The van der Waals surface area contributed by atoms with Crippen LogP contribution in [0, 0.1) is 0 Å². The van der Waals surface area contributed by atoms with Crippen LogP contribution in [0.3, 0.4) is 0 Å². The van der Waals surface area contributed by atoms with Crippen molar-refractivity contribution in [2.75, 3.05) is 13.2 Å². The van der Waals surface area contributed by atoms with Gasteiger partial charge in [0.1, 0.15) is 0 Å². The molecule has 0 amide bonds. The van der Waals surface area contributed by atoms with E-state index in [9.17, 15) is 9.36 Å². The minimum absolute atomic E-state index is 0.187. The van der Waals surface area contributed by atoms with E-state index in [4.69, 9.17) is 4.52 Å². The molecule has 5 nitrogen and oxygen atoms in total. The van der Waals surface area contributed by atoms with E-state index in [1.807, 2.05) is 6.92 Å². The second-order valence-electron chi connectivity index (χ2n) is 1.91. The quantitative estimate of drug-likeness (QED) is 0.367. The summed E-state index contributed by atoms with van der Waals surface area (Å²) in [6, 6.07) is 0. The predicted octanol–water partition coefficient (Wildman–Crippen LogP) is 1.89. The van der Waals surface area contributed by atoms with E-state index in [0.29, 0.717) is 6.42 Å². The van der Waals surface area contributed by atoms with Crippen molar-refractivity contribution in [1.82, 2.24) is 0 Å². The summed E-state index contributed by atoms with van der Waals surface area (Å²) in [5.41, 5.74) is 0. The van der Waals surface area contributed by atoms with E-state index in [0.717, 1.165) is 6.08 Å². The Morgan fingerprint density at radius 1 is 1.42 bits per heavy atom. The van der Waals surface area contributed by atoms with Crippen LogP contribution in [0.25, 0.3) is 0 Å². The van der Waals surface area contributed by atoms with Gasteiger partial charge >= 0.3 is 7.75 Å². The van der Waals surface area contributed by atoms with E-state index in [1.54, 1.807) is 6.92 Å². The van der Waals surface area contributed by atoms with E-state index < -0.39 is 7.75 Å². The lowest BCUT2D eigenvalue weighted by molar-refractivity contribution is 0.213. The first-order valence-electron chi connectivity index (χ1n) is 3.67. The number of hydrogen-bond acceptors (Lipinski definition) is 4. The average molecular weight is 193 g/mol. The summed E-state index contributed by atoms with van der Waals surface area (Å²) in [6.07, 6.45) is 1.85. The maximum Gasteiger partial charge on any atom is 0.464 e. The van der Waals surface area contributed by atoms with Gasteiger partial charge in [-0.05, 0) is 13.3 Å². The molecule has 1 unspecified atom stereocenters. The minimum atomic E-state index is -3.53. The van der Waals surface area contributed by atoms with Crippen LogP contribution in [0.5, 0.6) is 0 Å². The third kappa shape index (κ3) is 4.42. The molecular formula is C6H12NO4P. The van der Waals surface area contributed by atoms with E-state index in [2.05, 4.69) is 9.29 Å². The first kappa shape index (κ1) is 11.5. The third-order valence-electron chi connectivity index (χ3n) is 0.914. The highest BCUT2D eigenvalue weighted by Crippen LogP contribution is 2.49. The second kappa shape index (κ2) is 6.09. The number of hydrogen-bond donors (Lipinski definition) is 0. The Bertz CT molecular complexity index is 212. The number of carbonyl (C=O) groups excluding carboxylic acids is 1. The Morgan fingerprint density at radius 3 is 2.50 bits per heavy atom. The summed E-state index contributed by atoms with van der Waals surface area (Å²) in [4.78, 5) is 9.83. The fraction of sp³-hybridized carbons (Fsp3) is 0.833. The lowest BCUT2D eigenvalue weighted by atomic mass is 10.5. The van der Waals surface area contributed by atoms with Gasteiger partial charge in [0.25, 0.3) is 0 Å². The van der Waals surface area contributed by atoms with Crippen molar-refractivity contribution in [3.63, 3.8) is 0 Å². The molecule has 0 radical (unpaired) electrons. The van der Waals surface area contributed by atoms with E-state index in [1.165, 1.54) is 0 Å². The molecule has 6 heteroatoms. The van der Waals surface area contributed by atoms with Crippen molar-refractivity contribution in [3.8, 4) is 0 Å². The Labute approximate surface area is 71.4 Å². The standard InChI is InChI=1S/C6H12NO4P/c1-3-5-11-12(9,7-6-8)10-4-2/h3-5H2,1-2H3. The van der Waals surface area contributed by atoms with Gasteiger partial charge < -0.3 is 0 Å². The topological polar surface area (TPSA) is 65.0 Å². The molecule has 0 saturated carbocycles. The fourth-order valence-corrected chi connectivity index (χ4v) is 1.54. The van der Waals surface area contributed by atoms with Gasteiger partial charge in [0.05, 0.1) is 13.2 Å². The number of isocyanates is 1. The van der Waals surface area contributed by atoms with Crippen LogP contribution in [0.1, 0.15) is 20.3 Å². The summed E-state index contributed by atoms with van der Waals surface area (Å²) < 4.78 is 23.7. The average Bonchev–Trinajstić information content (AvgIpc) is 2.02. The van der Waals surface area contributed by atoms with Gasteiger partial charge in [0.2, 0.25) is 6.08 Å². The maximum atomic E-state index is 11.3. The van der Waals surface area contributed by atoms with Crippen LogP contribution in [0.4, 0.5) is 0 Å². The number of rotatable bonds is 6. The lowest BCUT2D eigenvalue weighted by Crippen LogP contribution is -1.94. The monoisotopic (exact) mass is 193 g/mol. The zero-order valence-corrected chi connectivity index (χ0v) is 8.04. The summed E-state index contributed by atoms with van der Waals surface area (Å²) in [6.45, 7) is 3.93. The molecule has 0 aromatic carbocycles. The van der Waals surface area contributed by atoms with Gasteiger partial charge in [-0.1, -0.05) is 11.7 Å². The molecule has 0 bridgehead atoms. The summed E-state index contributed by atoms with van der Waals surface area (Å²) >= 11 is 0. The van der Waals surface area contributed by atoms with Gasteiger partial charge in [-0.2, -0.15) is 0 Å². The van der Waals surface area contributed by atoms with Crippen molar-refractivity contribution >= 4 is 13.8 Å². The van der Waals surface area contributed by atoms with E-state index >= 15 is 0 Å². The molecule has 0 N–H and O–H groups in total. The van der Waals surface area contributed by atoms with E-state index in [-0.39, 0.29) is 13.2 Å². The van der Waals surface area contributed by atoms with Crippen LogP contribution in [-0.4, -0.2) is 19.3 Å². The van der Waals surface area contributed by atoms with Gasteiger partial charge in [0, 0.05) is 0 Å². The third-order valence-corrected chi connectivity index (χ3v) is 2.33. The molecule has 0 rings (SSSR count). The molecule has 0 aromatic rings. The van der Waals surface area contributed by atoms with Crippen LogP contribution < -0.4 is 0 Å². The van der Waals surface area contributed by atoms with Gasteiger partial charge in [0.15, 0.2) is 0 Å². The Morgan fingerprint density at radius 2 is 2.08 bits per heavy atom. The van der Waals surface area contributed by atoms with Gasteiger partial charge in [-0.25, -0.2) is 9.36 Å². The SMILES string of the molecule is CCCOP(=O)(N=C=O)OCC. The zero-order chi connectivity index (χ0) is 9.45. The van der Waals surface area contributed by atoms with Crippen molar-refractivity contribution in [1.29, 1.82) is 0 Å². The maximum absolute atomic E-state index is 11.3. The smallest absolute Gasteiger partial charge is 0.291 e. The summed E-state index contributed by atoms with van der Waals surface area (Å²) in [5.74, 6) is 0. The summed E-state index contributed by atoms with van der Waals surface area (Å²) in [7, 11) is -3.53. The van der Waals surface area contributed by atoms with Crippen molar-refractivity contribution in [2.45, 2.75) is 20.3 Å². The predicted molar refractivity (Wildman–Crippen MR) is 43.6 cm³/mol. The van der Waals surface area contributed by atoms with Crippen LogP contribution in [0.15, 0.2) is 4.76 Å². The van der Waals surface area contributed by atoms with Gasteiger partial charge in [-0.3, -0.25) is 9.05 Å². The van der Waals surface area contributed by atoms with Crippen molar-refractivity contribution in [3.05, 3.63) is 0 Å². The van der Waals surface area contributed by atoms with Crippen LogP contribution >= 0.6 is 7.75 Å². The highest BCUT2D eigenvalue weighted by atomic mass is 31.2. The molecule has 70 valence electrons.